The molecule has 3 rings (SSSR count). The van der Waals surface area contributed by atoms with Crippen molar-refractivity contribution in [2.75, 3.05) is 0 Å². The molecule has 0 spiro atoms. The summed E-state index contributed by atoms with van der Waals surface area (Å²) in [5, 5.41) is 11.8. The minimum Gasteiger partial charge on any atom is -0.185 e. The second kappa shape index (κ2) is 9.80. The van der Waals surface area contributed by atoms with E-state index in [4.69, 9.17) is 5.26 Å². The summed E-state index contributed by atoms with van der Waals surface area (Å²) in [6.45, 7) is 10.1. The summed E-state index contributed by atoms with van der Waals surface area (Å²) in [5.41, 5.74) is 0.534. The van der Waals surface area contributed by atoms with Crippen molar-refractivity contribution in [2.45, 2.75) is 113 Å². The van der Waals surface area contributed by atoms with E-state index in [1.807, 2.05) is 0 Å². The van der Waals surface area contributed by atoms with Gasteiger partial charge >= 0.3 is 0 Å². The third-order valence-electron chi connectivity index (χ3n) is 9.18. The molecule has 0 aromatic heterocycles. The Labute approximate surface area is 192 Å². The maximum Gasteiger partial charge on any atom is 0.133 e. The molecule has 0 bridgehead atoms. The minimum atomic E-state index is 0.468. The number of hydrogen-bond acceptors (Lipinski definition) is 2. The Balaban J connectivity index is 1.46. The molecule has 160 valence electrons. The molecule has 0 saturated heterocycles. The van der Waals surface area contributed by atoms with E-state index in [-0.39, 0.29) is 0 Å². The number of nitrogens with zero attached hydrogens (tertiary/aromatic N) is 1. The molecule has 0 N–H and O–H groups in total. The van der Waals surface area contributed by atoms with Crippen LogP contribution in [0.25, 0.3) is 0 Å². The summed E-state index contributed by atoms with van der Waals surface area (Å²) in [6, 6.07) is 0. The molecule has 0 radical (unpaired) electrons. The summed E-state index contributed by atoms with van der Waals surface area (Å²) < 4.78 is 0.468. The smallest absolute Gasteiger partial charge is 0.133 e. The summed E-state index contributed by atoms with van der Waals surface area (Å²) in [5.74, 6) is 4.76. The normalized spacial score (nSPS) is 38.0. The van der Waals surface area contributed by atoms with Crippen LogP contribution in [-0.2, 0) is 0 Å². The quantitative estimate of drug-likeness (QED) is 0.208. The minimum absolute atomic E-state index is 0.468. The van der Waals surface area contributed by atoms with Gasteiger partial charge in [0.1, 0.15) is 5.40 Å². The van der Waals surface area contributed by atoms with Crippen molar-refractivity contribution in [3.8, 4) is 5.40 Å². The van der Waals surface area contributed by atoms with Gasteiger partial charge in [-0.2, -0.15) is 5.26 Å². The zero-order valence-corrected chi connectivity index (χ0v) is 21.7. The highest BCUT2D eigenvalue weighted by Gasteiger charge is 2.43. The highest BCUT2D eigenvalue weighted by molar-refractivity contribution is 14.1. The van der Waals surface area contributed by atoms with Crippen LogP contribution in [-0.4, -0.2) is 8.67 Å². The van der Waals surface area contributed by atoms with E-state index >= 15 is 0 Å². The Morgan fingerprint density at radius 2 is 1.07 bits per heavy atom. The molecule has 0 aromatic rings. The van der Waals surface area contributed by atoms with Gasteiger partial charge in [-0.05, 0) is 124 Å². The van der Waals surface area contributed by atoms with E-state index in [1.54, 1.807) is 0 Å². The van der Waals surface area contributed by atoms with Crippen LogP contribution in [0.1, 0.15) is 105 Å². The molecule has 3 saturated carbocycles. The van der Waals surface area contributed by atoms with Crippen molar-refractivity contribution in [1.29, 1.82) is 5.26 Å². The van der Waals surface area contributed by atoms with E-state index in [0.717, 1.165) is 29.6 Å². The van der Waals surface area contributed by atoms with Crippen LogP contribution in [0.5, 0.6) is 0 Å². The van der Waals surface area contributed by atoms with Gasteiger partial charge in [-0.1, -0.05) is 50.3 Å². The molecule has 1 nitrogen and oxygen atoms in total. The summed E-state index contributed by atoms with van der Waals surface area (Å²) in [4.78, 5) is 0. The lowest BCUT2D eigenvalue weighted by Gasteiger charge is -2.48. The van der Waals surface area contributed by atoms with Crippen LogP contribution in [0.15, 0.2) is 0 Å². The van der Waals surface area contributed by atoms with Gasteiger partial charge in [0.15, 0.2) is 0 Å². The molecular weight excluding hydrogens is 473 g/mol. The van der Waals surface area contributed by atoms with Crippen LogP contribution in [0, 0.1) is 45.7 Å². The van der Waals surface area contributed by atoms with Crippen molar-refractivity contribution < 1.29 is 0 Å². The fraction of sp³-hybridized carbons (Fsp3) is 0.960. The van der Waals surface area contributed by atoms with Crippen LogP contribution < -0.4 is 0 Å². The standard InChI is InChI=1S/C25H42INS/c1-24(2,21-11-13-22(14-12-21)25(3,4)26)20-9-5-18(6-10-20)19-7-15-23(16-8-19)28-17-27/h18-23H,5-16H2,1-4H3. The maximum atomic E-state index is 8.91. The van der Waals surface area contributed by atoms with Crippen LogP contribution in [0.4, 0.5) is 0 Å². The molecular formula is C25H42INS. The first kappa shape index (κ1) is 23.2. The number of rotatable bonds is 5. The van der Waals surface area contributed by atoms with E-state index in [1.165, 1.54) is 88.8 Å². The summed E-state index contributed by atoms with van der Waals surface area (Å²) in [6.07, 6.45) is 17.1. The summed E-state index contributed by atoms with van der Waals surface area (Å²) in [7, 11) is 0. The molecule has 0 aromatic carbocycles. The number of alkyl halides is 1. The Morgan fingerprint density at radius 1 is 0.679 bits per heavy atom. The molecule has 3 aliphatic carbocycles. The molecule has 3 heteroatoms. The number of halogens is 1. The first-order valence-corrected chi connectivity index (χ1v) is 13.9. The molecule has 0 amide bonds. The lowest BCUT2D eigenvalue weighted by atomic mass is 9.57. The van der Waals surface area contributed by atoms with E-state index in [2.05, 4.69) is 55.7 Å². The Bertz CT molecular complexity index is 522. The summed E-state index contributed by atoms with van der Waals surface area (Å²) >= 11 is 4.21. The Kier molecular flexibility index (Phi) is 8.13. The third kappa shape index (κ3) is 5.63. The zero-order chi connectivity index (χ0) is 20.4. The topological polar surface area (TPSA) is 23.8 Å². The molecule has 0 aliphatic heterocycles. The average molecular weight is 516 g/mol. The first-order chi connectivity index (χ1) is 13.2. The molecule has 0 heterocycles. The number of thiocyanates is 1. The third-order valence-corrected chi connectivity index (χ3v) is 11.0. The predicted molar refractivity (Wildman–Crippen MR) is 132 cm³/mol. The SMILES string of the molecule is CC(C)(I)C1CCC(C(C)(C)C2CCC(C3CCC(SC#N)CC3)CC2)CC1. The van der Waals surface area contributed by atoms with E-state index in [0.29, 0.717) is 14.1 Å². The van der Waals surface area contributed by atoms with Gasteiger partial charge in [-0.25, -0.2) is 0 Å². The molecule has 3 aliphatic rings. The van der Waals surface area contributed by atoms with Gasteiger partial charge in [0, 0.05) is 8.67 Å². The first-order valence-electron chi connectivity index (χ1n) is 12.0. The lowest BCUT2D eigenvalue weighted by molar-refractivity contribution is 0.0270. The predicted octanol–water partition coefficient (Wildman–Crippen LogP) is 8.61. The highest BCUT2D eigenvalue weighted by atomic mass is 127. The van der Waals surface area contributed by atoms with Gasteiger partial charge in [-0.3, -0.25) is 0 Å². The molecule has 0 atom stereocenters. The monoisotopic (exact) mass is 515 g/mol. The van der Waals surface area contributed by atoms with E-state index < -0.39 is 0 Å². The molecule has 3 fully saturated rings. The van der Waals surface area contributed by atoms with Crippen molar-refractivity contribution in [3.05, 3.63) is 0 Å². The highest BCUT2D eigenvalue weighted by Crippen LogP contribution is 2.53. The van der Waals surface area contributed by atoms with Crippen molar-refractivity contribution in [3.63, 3.8) is 0 Å². The second-order valence-corrected chi connectivity index (χ2v) is 15.2. The number of nitriles is 1. The van der Waals surface area contributed by atoms with Crippen LogP contribution >= 0.6 is 34.4 Å². The van der Waals surface area contributed by atoms with Crippen LogP contribution in [0.2, 0.25) is 0 Å². The van der Waals surface area contributed by atoms with Crippen molar-refractivity contribution >= 4 is 34.4 Å². The lowest BCUT2D eigenvalue weighted by Crippen LogP contribution is -2.39. The second-order valence-electron chi connectivity index (χ2n) is 11.3. The van der Waals surface area contributed by atoms with Gasteiger partial charge in [0.2, 0.25) is 0 Å². The maximum absolute atomic E-state index is 8.91. The van der Waals surface area contributed by atoms with Crippen molar-refractivity contribution in [2.24, 2.45) is 35.0 Å². The zero-order valence-electron chi connectivity index (χ0n) is 18.7. The molecule has 28 heavy (non-hydrogen) atoms. The fourth-order valence-electron chi connectivity index (χ4n) is 6.94. The molecule has 0 unspecified atom stereocenters. The number of hydrogen-bond donors (Lipinski definition) is 0. The van der Waals surface area contributed by atoms with Gasteiger partial charge < -0.3 is 0 Å². The van der Waals surface area contributed by atoms with E-state index in [9.17, 15) is 0 Å². The largest absolute Gasteiger partial charge is 0.185 e. The number of thioether (sulfide) groups is 1. The van der Waals surface area contributed by atoms with Crippen molar-refractivity contribution in [1.82, 2.24) is 0 Å². The fourth-order valence-corrected chi connectivity index (χ4v) is 8.22. The van der Waals surface area contributed by atoms with Crippen LogP contribution in [0.3, 0.4) is 0 Å². The van der Waals surface area contributed by atoms with Gasteiger partial charge in [0.25, 0.3) is 0 Å². The Hall–Kier alpha value is 0.570. The van der Waals surface area contributed by atoms with Gasteiger partial charge in [0.05, 0.1) is 0 Å². The van der Waals surface area contributed by atoms with Gasteiger partial charge in [-0.15, -0.1) is 0 Å². The Morgan fingerprint density at radius 3 is 1.50 bits per heavy atom. The average Bonchev–Trinajstić information content (AvgIpc) is 2.68.